The summed E-state index contributed by atoms with van der Waals surface area (Å²) in [5.41, 5.74) is 2.42. The van der Waals surface area contributed by atoms with E-state index in [4.69, 9.17) is 0 Å². The zero-order valence-corrected chi connectivity index (χ0v) is 16.2. The number of rotatable bonds is 5. The Morgan fingerprint density at radius 3 is 2.25 bits per heavy atom. The maximum atomic E-state index is 13.7. The Kier molecular flexibility index (Phi) is 5.46. The quantitative estimate of drug-likeness (QED) is 0.665. The number of benzene rings is 3. The molecule has 3 aromatic carbocycles. The van der Waals surface area contributed by atoms with Crippen molar-refractivity contribution in [2.24, 2.45) is 0 Å². The van der Waals surface area contributed by atoms with Crippen molar-refractivity contribution in [2.45, 2.75) is 18.7 Å². The van der Waals surface area contributed by atoms with E-state index in [9.17, 15) is 17.6 Å². The van der Waals surface area contributed by atoms with Crippen molar-refractivity contribution in [2.75, 3.05) is 10.0 Å². The van der Waals surface area contributed by atoms with Crippen molar-refractivity contribution in [3.63, 3.8) is 0 Å². The van der Waals surface area contributed by atoms with Crippen molar-refractivity contribution < 1.29 is 17.6 Å². The molecule has 0 aliphatic carbocycles. The lowest BCUT2D eigenvalue weighted by atomic mass is 10.1. The van der Waals surface area contributed by atoms with Crippen molar-refractivity contribution in [3.8, 4) is 0 Å². The standard InChI is InChI=1S/C21H19FN2O3S/c1-14-10-15(2)12-17(11-14)24-28(26,27)18-7-5-6-16(13-18)21(25)23-20-9-4-3-8-19(20)22/h3-13,24H,1-2H3,(H,23,25). The molecule has 1 amide bonds. The van der Waals surface area contributed by atoms with Gasteiger partial charge in [-0.25, -0.2) is 12.8 Å². The zero-order chi connectivity index (χ0) is 20.3. The second-order valence-electron chi connectivity index (χ2n) is 6.44. The van der Waals surface area contributed by atoms with Crippen LogP contribution in [0.25, 0.3) is 0 Å². The number of carbonyl (C=O) groups is 1. The average Bonchev–Trinajstić information content (AvgIpc) is 2.62. The molecule has 0 saturated heterocycles. The van der Waals surface area contributed by atoms with Gasteiger partial charge in [-0.1, -0.05) is 24.3 Å². The van der Waals surface area contributed by atoms with Gasteiger partial charge in [0.25, 0.3) is 15.9 Å². The average molecular weight is 398 g/mol. The SMILES string of the molecule is Cc1cc(C)cc(NS(=O)(=O)c2cccc(C(=O)Nc3ccccc3F)c2)c1. The first-order chi connectivity index (χ1) is 13.2. The van der Waals surface area contributed by atoms with Crippen molar-refractivity contribution >= 4 is 27.3 Å². The van der Waals surface area contributed by atoms with E-state index in [1.54, 1.807) is 18.2 Å². The lowest BCUT2D eigenvalue weighted by Gasteiger charge is -2.11. The van der Waals surface area contributed by atoms with Gasteiger partial charge in [-0.2, -0.15) is 0 Å². The number of nitrogens with one attached hydrogen (secondary N) is 2. The van der Waals surface area contributed by atoms with Crippen LogP contribution in [-0.2, 0) is 10.0 Å². The molecule has 0 spiro atoms. The Hall–Kier alpha value is -3.19. The van der Waals surface area contributed by atoms with Gasteiger partial charge in [-0.15, -0.1) is 0 Å². The van der Waals surface area contributed by atoms with E-state index >= 15 is 0 Å². The number of carbonyl (C=O) groups excluding carboxylic acids is 1. The van der Waals surface area contributed by atoms with Gasteiger partial charge in [-0.05, 0) is 67.4 Å². The van der Waals surface area contributed by atoms with E-state index in [-0.39, 0.29) is 16.1 Å². The molecule has 0 heterocycles. The van der Waals surface area contributed by atoms with Gasteiger partial charge in [-0.3, -0.25) is 9.52 Å². The zero-order valence-electron chi connectivity index (χ0n) is 15.4. The summed E-state index contributed by atoms with van der Waals surface area (Å²) < 4.78 is 41.7. The minimum atomic E-state index is -3.89. The third-order valence-corrected chi connectivity index (χ3v) is 5.38. The smallest absolute Gasteiger partial charge is 0.261 e. The minimum Gasteiger partial charge on any atom is -0.319 e. The van der Waals surface area contributed by atoms with E-state index in [2.05, 4.69) is 10.0 Å². The molecule has 7 heteroatoms. The second-order valence-corrected chi connectivity index (χ2v) is 8.13. The van der Waals surface area contributed by atoms with Crippen LogP contribution in [0.1, 0.15) is 21.5 Å². The lowest BCUT2D eigenvalue weighted by Crippen LogP contribution is -2.16. The number of sulfonamides is 1. The number of aryl methyl sites for hydroxylation is 2. The van der Waals surface area contributed by atoms with Crippen molar-refractivity contribution in [3.05, 3.63) is 89.2 Å². The van der Waals surface area contributed by atoms with Crippen LogP contribution in [0.3, 0.4) is 0 Å². The molecule has 0 unspecified atom stereocenters. The largest absolute Gasteiger partial charge is 0.319 e. The lowest BCUT2D eigenvalue weighted by molar-refractivity contribution is 0.102. The topological polar surface area (TPSA) is 75.3 Å². The van der Waals surface area contributed by atoms with E-state index in [0.29, 0.717) is 5.69 Å². The fourth-order valence-electron chi connectivity index (χ4n) is 2.81. The Balaban J connectivity index is 1.85. The molecular weight excluding hydrogens is 379 g/mol. The van der Waals surface area contributed by atoms with Crippen LogP contribution in [-0.4, -0.2) is 14.3 Å². The minimum absolute atomic E-state index is 0.0223. The predicted molar refractivity (Wildman–Crippen MR) is 108 cm³/mol. The van der Waals surface area contributed by atoms with Crippen molar-refractivity contribution in [1.29, 1.82) is 0 Å². The van der Waals surface area contributed by atoms with Gasteiger partial charge < -0.3 is 5.32 Å². The summed E-state index contributed by atoms with van der Waals surface area (Å²) in [6, 6.07) is 16.7. The molecule has 3 rings (SSSR count). The van der Waals surface area contributed by atoms with Crippen LogP contribution in [0.4, 0.5) is 15.8 Å². The number of amides is 1. The number of hydrogen-bond donors (Lipinski definition) is 2. The molecule has 0 bridgehead atoms. The molecule has 0 radical (unpaired) electrons. The molecule has 0 saturated carbocycles. The summed E-state index contributed by atoms with van der Waals surface area (Å²) in [4.78, 5) is 12.3. The molecule has 5 nitrogen and oxygen atoms in total. The molecule has 0 aromatic heterocycles. The normalized spacial score (nSPS) is 11.1. The van der Waals surface area contributed by atoms with E-state index in [1.807, 2.05) is 19.9 Å². The van der Waals surface area contributed by atoms with E-state index < -0.39 is 21.7 Å². The Labute approximate surface area is 163 Å². The number of hydrogen-bond acceptors (Lipinski definition) is 3. The highest BCUT2D eigenvalue weighted by Gasteiger charge is 2.17. The maximum absolute atomic E-state index is 13.7. The fourth-order valence-corrected chi connectivity index (χ4v) is 3.90. The fraction of sp³-hybridized carbons (Fsp3) is 0.0952. The molecular formula is C21H19FN2O3S. The summed E-state index contributed by atoms with van der Waals surface area (Å²) >= 11 is 0. The van der Waals surface area contributed by atoms with Crippen LogP contribution < -0.4 is 10.0 Å². The molecule has 144 valence electrons. The Morgan fingerprint density at radius 1 is 0.893 bits per heavy atom. The highest BCUT2D eigenvalue weighted by molar-refractivity contribution is 7.92. The predicted octanol–water partition coefficient (Wildman–Crippen LogP) is 4.50. The molecule has 3 aromatic rings. The highest BCUT2D eigenvalue weighted by atomic mass is 32.2. The monoisotopic (exact) mass is 398 g/mol. The Morgan fingerprint density at radius 2 is 1.57 bits per heavy atom. The van der Waals surface area contributed by atoms with Gasteiger partial charge in [0.05, 0.1) is 10.6 Å². The van der Waals surface area contributed by atoms with Gasteiger partial charge in [0.15, 0.2) is 0 Å². The first-order valence-electron chi connectivity index (χ1n) is 8.52. The summed E-state index contributed by atoms with van der Waals surface area (Å²) in [7, 11) is -3.89. The molecule has 0 aliphatic rings. The van der Waals surface area contributed by atoms with Gasteiger partial charge in [0.1, 0.15) is 5.82 Å². The molecule has 28 heavy (non-hydrogen) atoms. The van der Waals surface area contributed by atoms with Gasteiger partial charge in [0.2, 0.25) is 0 Å². The van der Waals surface area contributed by atoms with Crippen molar-refractivity contribution in [1.82, 2.24) is 0 Å². The summed E-state index contributed by atoms with van der Waals surface area (Å²) in [6.07, 6.45) is 0. The van der Waals surface area contributed by atoms with Crippen LogP contribution in [0.15, 0.2) is 71.6 Å². The third-order valence-electron chi connectivity index (χ3n) is 4.00. The van der Waals surface area contributed by atoms with E-state index in [0.717, 1.165) is 11.1 Å². The molecule has 0 atom stereocenters. The van der Waals surface area contributed by atoms with Crippen LogP contribution >= 0.6 is 0 Å². The second kappa shape index (κ2) is 7.82. The molecule has 0 fully saturated rings. The molecule has 0 aliphatic heterocycles. The van der Waals surface area contributed by atoms with E-state index in [1.165, 1.54) is 42.5 Å². The molecule has 2 N–H and O–H groups in total. The van der Waals surface area contributed by atoms with Crippen LogP contribution in [0.2, 0.25) is 0 Å². The number of para-hydroxylation sites is 1. The Bertz CT molecular complexity index is 1120. The first-order valence-corrected chi connectivity index (χ1v) is 10.00. The van der Waals surface area contributed by atoms with Crippen LogP contribution in [0.5, 0.6) is 0 Å². The summed E-state index contributed by atoms with van der Waals surface area (Å²) in [5, 5.41) is 2.44. The number of anilines is 2. The summed E-state index contributed by atoms with van der Waals surface area (Å²) in [5.74, 6) is -1.18. The highest BCUT2D eigenvalue weighted by Crippen LogP contribution is 2.20. The van der Waals surface area contributed by atoms with Gasteiger partial charge in [0, 0.05) is 11.3 Å². The first kappa shape index (κ1) is 19.6. The maximum Gasteiger partial charge on any atom is 0.261 e. The van der Waals surface area contributed by atoms with Crippen LogP contribution in [0, 0.1) is 19.7 Å². The van der Waals surface area contributed by atoms with Gasteiger partial charge >= 0.3 is 0 Å². The number of halogens is 1. The summed E-state index contributed by atoms with van der Waals surface area (Å²) in [6.45, 7) is 3.75. The third kappa shape index (κ3) is 4.55.